The Balaban J connectivity index is 2.79. The van der Waals surface area contributed by atoms with Gasteiger partial charge in [-0.2, -0.15) is 0 Å². The fraction of sp³-hybridized carbons (Fsp3) is 0.714. The Labute approximate surface area is 65.8 Å². The Hall–Kier alpha value is -1.06. The van der Waals surface area contributed by atoms with E-state index < -0.39 is 0 Å². The second-order valence-electron chi connectivity index (χ2n) is 2.90. The molecule has 1 aliphatic rings. The van der Waals surface area contributed by atoms with Crippen LogP contribution in [-0.4, -0.2) is 41.9 Å². The number of carbonyl (C=O) groups is 2. The van der Waals surface area contributed by atoms with E-state index in [4.69, 9.17) is 0 Å². The molecule has 1 heterocycles. The van der Waals surface area contributed by atoms with Crippen LogP contribution in [0.2, 0.25) is 0 Å². The number of imide groups is 1. The number of hydrogen-bond donors (Lipinski definition) is 0. The Morgan fingerprint density at radius 1 is 1.36 bits per heavy atom. The number of carbonyl (C=O) groups excluding carboxylic acids is 2. The zero-order valence-electron chi connectivity index (χ0n) is 7.00. The first-order valence-electron chi connectivity index (χ1n) is 3.57. The molecule has 3 amide bonds. The second-order valence-corrected chi connectivity index (χ2v) is 2.90. The van der Waals surface area contributed by atoms with Gasteiger partial charge in [0.1, 0.15) is 0 Å². The third kappa shape index (κ3) is 1.20. The summed E-state index contributed by atoms with van der Waals surface area (Å²) in [6.45, 7) is 1.86. The number of nitrogens with zero attached hydrogens (tertiary/aromatic N) is 2. The van der Waals surface area contributed by atoms with Crippen LogP contribution < -0.4 is 0 Å². The normalized spacial score (nSPS) is 26.3. The van der Waals surface area contributed by atoms with Crippen LogP contribution in [0.4, 0.5) is 4.79 Å². The van der Waals surface area contributed by atoms with Gasteiger partial charge in [0.25, 0.3) is 0 Å². The molecule has 1 rings (SSSR count). The Morgan fingerprint density at radius 2 is 1.91 bits per heavy atom. The molecule has 0 radical (unpaired) electrons. The Morgan fingerprint density at radius 3 is 2.45 bits per heavy atom. The fourth-order valence-electron chi connectivity index (χ4n) is 1.06. The highest BCUT2D eigenvalue weighted by molar-refractivity contribution is 5.96. The molecule has 0 aromatic heterocycles. The van der Waals surface area contributed by atoms with Gasteiger partial charge in [-0.1, -0.05) is 0 Å². The van der Waals surface area contributed by atoms with Crippen molar-refractivity contribution in [3.8, 4) is 0 Å². The quantitative estimate of drug-likeness (QED) is 0.505. The molecule has 0 spiro atoms. The first-order valence-corrected chi connectivity index (χ1v) is 3.57. The fourth-order valence-corrected chi connectivity index (χ4v) is 1.06. The summed E-state index contributed by atoms with van der Waals surface area (Å²) in [6.07, 6.45) is 0.429. The highest BCUT2D eigenvalue weighted by Gasteiger charge is 2.31. The van der Waals surface area contributed by atoms with Crippen molar-refractivity contribution in [2.75, 3.05) is 14.1 Å². The average Bonchev–Trinajstić information content (AvgIpc) is 1.97. The molecule has 1 atom stereocenters. The zero-order chi connectivity index (χ0) is 8.59. The number of amides is 3. The smallest absolute Gasteiger partial charge is 0.324 e. The monoisotopic (exact) mass is 156 g/mol. The van der Waals surface area contributed by atoms with Crippen LogP contribution in [0.15, 0.2) is 0 Å². The molecule has 1 fully saturated rings. The lowest BCUT2D eigenvalue weighted by Crippen LogP contribution is -2.52. The highest BCUT2D eigenvalue weighted by atomic mass is 16.2. The van der Waals surface area contributed by atoms with Crippen molar-refractivity contribution in [1.82, 2.24) is 9.80 Å². The molecule has 0 saturated carbocycles. The van der Waals surface area contributed by atoms with Gasteiger partial charge >= 0.3 is 6.03 Å². The molecule has 1 unspecified atom stereocenters. The van der Waals surface area contributed by atoms with E-state index >= 15 is 0 Å². The topological polar surface area (TPSA) is 40.6 Å². The van der Waals surface area contributed by atoms with E-state index in [2.05, 4.69) is 0 Å². The molecule has 1 saturated heterocycles. The molecule has 1 aliphatic heterocycles. The molecular weight excluding hydrogens is 144 g/mol. The average molecular weight is 156 g/mol. The number of urea groups is 1. The Kier molecular flexibility index (Phi) is 1.85. The van der Waals surface area contributed by atoms with Crippen molar-refractivity contribution in [1.29, 1.82) is 0 Å². The van der Waals surface area contributed by atoms with Gasteiger partial charge in [0, 0.05) is 26.6 Å². The largest absolute Gasteiger partial charge is 0.326 e. The third-order valence-electron chi connectivity index (χ3n) is 2.09. The van der Waals surface area contributed by atoms with Gasteiger partial charge in [-0.05, 0) is 6.92 Å². The van der Waals surface area contributed by atoms with Gasteiger partial charge in [-0.15, -0.1) is 0 Å². The van der Waals surface area contributed by atoms with Crippen molar-refractivity contribution >= 4 is 11.9 Å². The van der Waals surface area contributed by atoms with Gasteiger partial charge in [-0.25, -0.2) is 4.79 Å². The van der Waals surface area contributed by atoms with Crippen LogP contribution >= 0.6 is 0 Å². The first-order chi connectivity index (χ1) is 5.04. The van der Waals surface area contributed by atoms with E-state index in [0.29, 0.717) is 6.42 Å². The maximum absolute atomic E-state index is 11.2. The molecular formula is C7H12N2O2. The summed E-state index contributed by atoms with van der Waals surface area (Å²) < 4.78 is 0. The maximum Gasteiger partial charge on any atom is 0.326 e. The molecule has 0 bridgehead atoms. The van der Waals surface area contributed by atoms with Crippen LogP contribution in [0.5, 0.6) is 0 Å². The number of hydrogen-bond acceptors (Lipinski definition) is 2. The lowest BCUT2D eigenvalue weighted by atomic mass is 10.1. The minimum Gasteiger partial charge on any atom is -0.324 e. The number of rotatable bonds is 0. The molecule has 11 heavy (non-hydrogen) atoms. The molecule has 0 aromatic carbocycles. The van der Waals surface area contributed by atoms with E-state index in [1.54, 1.807) is 11.9 Å². The summed E-state index contributed by atoms with van der Waals surface area (Å²) >= 11 is 0. The van der Waals surface area contributed by atoms with Gasteiger partial charge < -0.3 is 4.90 Å². The minimum atomic E-state index is -0.214. The maximum atomic E-state index is 11.2. The second kappa shape index (κ2) is 2.53. The van der Waals surface area contributed by atoms with E-state index in [-0.39, 0.29) is 18.0 Å². The van der Waals surface area contributed by atoms with Crippen molar-refractivity contribution in [2.45, 2.75) is 19.4 Å². The van der Waals surface area contributed by atoms with Crippen molar-refractivity contribution in [3.05, 3.63) is 0 Å². The lowest BCUT2D eigenvalue weighted by Gasteiger charge is -2.34. The standard InChI is InChI=1S/C7H12N2O2/c1-5-4-6(10)9(3)7(11)8(5)2/h5H,4H2,1-3H3. The van der Waals surface area contributed by atoms with Gasteiger partial charge in [-0.3, -0.25) is 9.69 Å². The first kappa shape index (κ1) is 8.04. The summed E-state index contributed by atoms with van der Waals surface area (Å²) in [7, 11) is 3.21. The molecule has 0 aromatic rings. The summed E-state index contributed by atoms with van der Waals surface area (Å²) in [6, 6.07) is -0.181. The SMILES string of the molecule is CC1CC(=O)N(C)C(=O)N1C. The van der Waals surface area contributed by atoms with E-state index in [0.717, 1.165) is 4.90 Å². The molecule has 4 nitrogen and oxygen atoms in total. The van der Waals surface area contributed by atoms with Crippen molar-refractivity contribution in [2.24, 2.45) is 0 Å². The van der Waals surface area contributed by atoms with Crippen LogP contribution in [0.25, 0.3) is 0 Å². The summed E-state index contributed by atoms with van der Waals surface area (Å²) in [5, 5.41) is 0. The van der Waals surface area contributed by atoms with E-state index in [9.17, 15) is 9.59 Å². The van der Waals surface area contributed by atoms with Gasteiger partial charge in [0.2, 0.25) is 5.91 Å². The predicted molar refractivity (Wildman–Crippen MR) is 40.0 cm³/mol. The highest BCUT2D eigenvalue weighted by Crippen LogP contribution is 2.12. The van der Waals surface area contributed by atoms with Crippen molar-refractivity contribution < 1.29 is 9.59 Å². The van der Waals surface area contributed by atoms with Gasteiger partial charge in [0.05, 0.1) is 0 Å². The van der Waals surface area contributed by atoms with E-state index in [1.165, 1.54) is 7.05 Å². The minimum absolute atomic E-state index is 0.0335. The van der Waals surface area contributed by atoms with Crippen LogP contribution in [0.1, 0.15) is 13.3 Å². The Bertz CT molecular complexity index is 203. The van der Waals surface area contributed by atoms with Gasteiger partial charge in [0.15, 0.2) is 0 Å². The van der Waals surface area contributed by atoms with Crippen LogP contribution in [0.3, 0.4) is 0 Å². The summed E-state index contributed by atoms with van der Waals surface area (Å²) in [5.74, 6) is -0.0967. The third-order valence-corrected chi connectivity index (χ3v) is 2.09. The predicted octanol–water partition coefficient (Wildman–Crippen LogP) is 0.289. The molecule has 0 N–H and O–H groups in total. The summed E-state index contributed by atoms with van der Waals surface area (Å²) in [4.78, 5) is 24.9. The summed E-state index contributed by atoms with van der Waals surface area (Å²) in [5.41, 5.74) is 0. The zero-order valence-corrected chi connectivity index (χ0v) is 7.00. The van der Waals surface area contributed by atoms with Crippen LogP contribution in [-0.2, 0) is 4.79 Å². The molecule has 0 aliphatic carbocycles. The van der Waals surface area contributed by atoms with Crippen LogP contribution in [0, 0.1) is 0 Å². The van der Waals surface area contributed by atoms with Crippen molar-refractivity contribution in [3.63, 3.8) is 0 Å². The van der Waals surface area contributed by atoms with E-state index in [1.807, 2.05) is 6.92 Å². The lowest BCUT2D eigenvalue weighted by molar-refractivity contribution is -0.130. The molecule has 62 valence electrons. The molecule has 4 heteroatoms.